The lowest BCUT2D eigenvalue weighted by Crippen LogP contribution is -2.50. The molecule has 3 N–H and O–H groups in total. The van der Waals surface area contributed by atoms with Crippen LogP contribution in [0.5, 0.6) is 0 Å². The van der Waals surface area contributed by atoms with Gasteiger partial charge in [0.1, 0.15) is 5.82 Å². The SMILES string of the molecule is CCC(CO)(CO)NCc1ccc(F)c(Cl)c1. The third kappa shape index (κ3) is 3.64. The van der Waals surface area contributed by atoms with Crippen LogP contribution in [-0.2, 0) is 6.54 Å². The molecule has 96 valence electrons. The average molecular weight is 262 g/mol. The van der Waals surface area contributed by atoms with E-state index in [4.69, 9.17) is 11.6 Å². The Bertz CT molecular complexity index is 361. The van der Waals surface area contributed by atoms with Crippen molar-refractivity contribution in [3.05, 3.63) is 34.6 Å². The second-order valence-corrected chi connectivity index (χ2v) is 4.46. The first-order valence-electron chi connectivity index (χ1n) is 5.47. The van der Waals surface area contributed by atoms with Crippen LogP contribution in [0.4, 0.5) is 4.39 Å². The third-order valence-electron chi connectivity index (χ3n) is 2.93. The minimum Gasteiger partial charge on any atom is -0.394 e. The van der Waals surface area contributed by atoms with Crippen LogP contribution in [0.3, 0.4) is 0 Å². The Morgan fingerprint density at radius 3 is 2.47 bits per heavy atom. The summed E-state index contributed by atoms with van der Waals surface area (Å²) in [6, 6.07) is 4.44. The van der Waals surface area contributed by atoms with E-state index in [-0.39, 0.29) is 18.2 Å². The highest BCUT2D eigenvalue weighted by molar-refractivity contribution is 6.30. The van der Waals surface area contributed by atoms with Crippen LogP contribution in [0.15, 0.2) is 18.2 Å². The molecule has 0 saturated heterocycles. The average Bonchev–Trinajstić information content (AvgIpc) is 2.36. The van der Waals surface area contributed by atoms with E-state index in [0.29, 0.717) is 13.0 Å². The van der Waals surface area contributed by atoms with Crippen LogP contribution in [0.25, 0.3) is 0 Å². The van der Waals surface area contributed by atoms with E-state index < -0.39 is 11.4 Å². The summed E-state index contributed by atoms with van der Waals surface area (Å²) in [4.78, 5) is 0. The van der Waals surface area contributed by atoms with E-state index in [0.717, 1.165) is 5.56 Å². The smallest absolute Gasteiger partial charge is 0.141 e. The van der Waals surface area contributed by atoms with Gasteiger partial charge in [-0.2, -0.15) is 0 Å². The van der Waals surface area contributed by atoms with Crippen LogP contribution < -0.4 is 5.32 Å². The summed E-state index contributed by atoms with van der Waals surface area (Å²) in [7, 11) is 0. The Balaban J connectivity index is 2.68. The molecular weight excluding hydrogens is 245 g/mol. The Hall–Kier alpha value is -0.680. The predicted octanol–water partition coefficient (Wildman–Crippen LogP) is 1.70. The Morgan fingerprint density at radius 1 is 1.35 bits per heavy atom. The van der Waals surface area contributed by atoms with Gasteiger partial charge in [0.05, 0.1) is 23.8 Å². The molecule has 0 aliphatic rings. The number of rotatable bonds is 6. The van der Waals surface area contributed by atoms with Gasteiger partial charge in [0.15, 0.2) is 0 Å². The van der Waals surface area contributed by atoms with Gasteiger partial charge in [-0.3, -0.25) is 0 Å². The van der Waals surface area contributed by atoms with Crippen LogP contribution >= 0.6 is 11.6 Å². The van der Waals surface area contributed by atoms with Gasteiger partial charge in [0.25, 0.3) is 0 Å². The molecule has 5 heteroatoms. The monoisotopic (exact) mass is 261 g/mol. The van der Waals surface area contributed by atoms with Crippen LogP contribution in [0.1, 0.15) is 18.9 Å². The molecule has 3 nitrogen and oxygen atoms in total. The van der Waals surface area contributed by atoms with Crippen molar-refractivity contribution in [3.63, 3.8) is 0 Å². The van der Waals surface area contributed by atoms with Gasteiger partial charge in [0, 0.05) is 6.54 Å². The topological polar surface area (TPSA) is 52.5 Å². The van der Waals surface area contributed by atoms with Crippen molar-refractivity contribution >= 4 is 11.6 Å². The van der Waals surface area contributed by atoms with E-state index >= 15 is 0 Å². The number of hydrogen-bond acceptors (Lipinski definition) is 3. The summed E-state index contributed by atoms with van der Waals surface area (Å²) in [5.74, 6) is -0.457. The molecule has 0 saturated carbocycles. The van der Waals surface area contributed by atoms with E-state index in [1.165, 1.54) is 12.1 Å². The van der Waals surface area contributed by atoms with Gasteiger partial charge in [-0.1, -0.05) is 24.6 Å². The zero-order chi connectivity index (χ0) is 12.9. The first-order valence-corrected chi connectivity index (χ1v) is 5.85. The number of nitrogens with one attached hydrogen (secondary N) is 1. The molecular formula is C12H17ClFNO2. The first-order chi connectivity index (χ1) is 8.06. The zero-order valence-electron chi connectivity index (χ0n) is 9.71. The number of halogens is 2. The highest BCUT2D eigenvalue weighted by Crippen LogP contribution is 2.17. The van der Waals surface area contributed by atoms with Crippen molar-refractivity contribution < 1.29 is 14.6 Å². The molecule has 17 heavy (non-hydrogen) atoms. The highest BCUT2D eigenvalue weighted by Gasteiger charge is 2.25. The highest BCUT2D eigenvalue weighted by atomic mass is 35.5. The van der Waals surface area contributed by atoms with Crippen molar-refractivity contribution in [2.24, 2.45) is 0 Å². The standard InChI is InChI=1S/C12H17ClFNO2/c1-2-12(7-16,8-17)15-6-9-3-4-11(14)10(13)5-9/h3-5,15-17H,2,6-8H2,1H3. The largest absolute Gasteiger partial charge is 0.394 e. The zero-order valence-corrected chi connectivity index (χ0v) is 10.5. The lowest BCUT2D eigenvalue weighted by molar-refractivity contribution is 0.0864. The molecule has 0 bridgehead atoms. The Labute approximate surface area is 105 Å². The Morgan fingerprint density at radius 2 is 2.00 bits per heavy atom. The van der Waals surface area contributed by atoms with Crippen LogP contribution in [0, 0.1) is 5.82 Å². The summed E-state index contributed by atoms with van der Waals surface area (Å²) < 4.78 is 12.9. The predicted molar refractivity (Wildman–Crippen MR) is 65.4 cm³/mol. The van der Waals surface area contributed by atoms with Gasteiger partial charge < -0.3 is 15.5 Å². The number of hydrogen-bond donors (Lipinski definition) is 3. The van der Waals surface area contributed by atoms with Gasteiger partial charge in [0.2, 0.25) is 0 Å². The number of aliphatic hydroxyl groups is 2. The fourth-order valence-corrected chi connectivity index (χ4v) is 1.65. The van der Waals surface area contributed by atoms with Gasteiger partial charge >= 0.3 is 0 Å². The second kappa shape index (κ2) is 6.31. The molecule has 1 aromatic rings. The molecule has 0 radical (unpaired) electrons. The maximum Gasteiger partial charge on any atom is 0.141 e. The summed E-state index contributed by atoms with van der Waals surface area (Å²) in [5.41, 5.74) is 0.0945. The summed E-state index contributed by atoms with van der Waals surface area (Å²) in [6.07, 6.45) is 0.592. The van der Waals surface area contributed by atoms with Gasteiger partial charge in [-0.05, 0) is 24.1 Å². The minimum absolute atomic E-state index is 0.0689. The molecule has 0 aromatic heterocycles. The van der Waals surface area contributed by atoms with Crippen LogP contribution in [0.2, 0.25) is 5.02 Å². The molecule has 0 spiro atoms. The molecule has 0 aliphatic carbocycles. The summed E-state index contributed by atoms with van der Waals surface area (Å²) in [6.45, 7) is 1.97. The van der Waals surface area contributed by atoms with Crippen LogP contribution in [-0.4, -0.2) is 29.0 Å². The summed E-state index contributed by atoms with van der Waals surface area (Å²) in [5, 5.41) is 21.6. The molecule has 0 fully saturated rings. The van der Waals surface area contributed by atoms with Crippen molar-refractivity contribution in [3.8, 4) is 0 Å². The molecule has 0 aliphatic heterocycles. The van der Waals surface area contributed by atoms with E-state index in [9.17, 15) is 14.6 Å². The second-order valence-electron chi connectivity index (χ2n) is 4.05. The Kier molecular flexibility index (Phi) is 5.33. The van der Waals surface area contributed by atoms with Crippen molar-refractivity contribution in [1.29, 1.82) is 0 Å². The minimum atomic E-state index is -0.707. The maximum atomic E-state index is 12.9. The van der Waals surface area contributed by atoms with E-state index in [1.54, 1.807) is 6.07 Å². The lowest BCUT2D eigenvalue weighted by Gasteiger charge is -2.30. The number of aliphatic hydroxyl groups excluding tert-OH is 2. The molecule has 1 aromatic carbocycles. The summed E-state index contributed by atoms with van der Waals surface area (Å²) >= 11 is 5.66. The molecule has 0 unspecified atom stereocenters. The molecule has 0 heterocycles. The molecule has 0 amide bonds. The van der Waals surface area contributed by atoms with E-state index in [1.807, 2.05) is 6.92 Å². The fourth-order valence-electron chi connectivity index (χ4n) is 1.45. The molecule has 0 atom stereocenters. The molecule has 1 rings (SSSR count). The maximum absolute atomic E-state index is 12.9. The normalized spacial score (nSPS) is 11.8. The van der Waals surface area contributed by atoms with Gasteiger partial charge in [-0.15, -0.1) is 0 Å². The van der Waals surface area contributed by atoms with Crippen molar-refractivity contribution in [1.82, 2.24) is 5.32 Å². The van der Waals surface area contributed by atoms with Crippen molar-refractivity contribution in [2.45, 2.75) is 25.4 Å². The lowest BCUT2D eigenvalue weighted by atomic mass is 9.98. The quantitative estimate of drug-likeness (QED) is 0.731. The van der Waals surface area contributed by atoms with E-state index in [2.05, 4.69) is 5.32 Å². The number of benzene rings is 1. The fraction of sp³-hybridized carbons (Fsp3) is 0.500. The van der Waals surface area contributed by atoms with Gasteiger partial charge in [-0.25, -0.2) is 4.39 Å². The van der Waals surface area contributed by atoms with Crippen molar-refractivity contribution in [2.75, 3.05) is 13.2 Å². The third-order valence-corrected chi connectivity index (χ3v) is 3.22. The first kappa shape index (κ1) is 14.4.